The number of amides is 1. The van der Waals surface area contributed by atoms with E-state index in [4.69, 9.17) is 5.73 Å². The Morgan fingerprint density at radius 3 is 2.52 bits per heavy atom. The predicted octanol–water partition coefficient (Wildman–Crippen LogP) is 5.07. The Morgan fingerprint density at radius 2 is 1.86 bits per heavy atom. The van der Waals surface area contributed by atoms with Crippen LogP contribution in [0, 0.1) is 5.41 Å². The summed E-state index contributed by atoms with van der Waals surface area (Å²) in [7, 11) is 0. The maximum absolute atomic E-state index is 13.1. The molecular formula is C21H25ClF3N3O. The number of piperidine rings is 1. The summed E-state index contributed by atoms with van der Waals surface area (Å²) in [5.41, 5.74) is 6.38. The van der Waals surface area contributed by atoms with Crippen molar-refractivity contribution in [1.82, 2.24) is 4.90 Å². The first-order valence-corrected chi connectivity index (χ1v) is 9.16. The fourth-order valence-corrected chi connectivity index (χ4v) is 3.42. The van der Waals surface area contributed by atoms with Crippen molar-refractivity contribution in [2.75, 3.05) is 18.4 Å². The molecule has 1 atom stereocenters. The molecule has 2 aromatic carbocycles. The molecule has 1 fully saturated rings. The third-order valence-electron chi connectivity index (χ3n) is 5.23. The zero-order valence-corrected chi connectivity index (χ0v) is 17.1. The smallest absolute Gasteiger partial charge is 0.355 e. The van der Waals surface area contributed by atoms with Crippen LogP contribution in [0.1, 0.15) is 36.2 Å². The van der Waals surface area contributed by atoms with Crippen LogP contribution in [-0.2, 0) is 6.18 Å². The van der Waals surface area contributed by atoms with Crippen molar-refractivity contribution in [3.63, 3.8) is 0 Å². The van der Waals surface area contributed by atoms with Crippen LogP contribution in [0.5, 0.6) is 0 Å². The molecule has 0 radical (unpaired) electrons. The zero-order chi connectivity index (χ0) is 20.5. The topological polar surface area (TPSA) is 58.4 Å². The Labute approximate surface area is 174 Å². The SMILES string of the molecule is CC1(C)CN(C(=O)c2ccccc2Nc2cccc(C(F)(F)F)c2)CCC1N.Cl. The van der Waals surface area contributed by atoms with Gasteiger partial charge in [0.2, 0.25) is 0 Å². The molecule has 1 aliphatic rings. The molecule has 1 heterocycles. The van der Waals surface area contributed by atoms with Crippen LogP contribution in [0.2, 0.25) is 0 Å². The number of carbonyl (C=O) groups excluding carboxylic acids is 1. The van der Waals surface area contributed by atoms with Gasteiger partial charge in [-0.1, -0.05) is 32.0 Å². The van der Waals surface area contributed by atoms with Crippen LogP contribution < -0.4 is 11.1 Å². The van der Waals surface area contributed by atoms with Gasteiger partial charge in [0.1, 0.15) is 0 Å². The molecule has 0 bridgehead atoms. The molecule has 158 valence electrons. The average molecular weight is 428 g/mol. The molecule has 1 aliphatic heterocycles. The second-order valence-corrected chi connectivity index (χ2v) is 7.86. The Kier molecular flexibility index (Phi) is 6.86. The molecule has 0 aliphatic carbocycles. The van der Waals surface area contributed by atoms with Crippen molar-refractivity contribution in [3.8, 4) is 0 Å². The first-order valence-electron chi connectivity index (χ1n) is 9.16. The van der Waals surface area contributed by atoms with Gasteiger partial charge < -0.3 is 16.0 Å². The van der Waals surface area contributed by atoms with E-state index in [1.165, 1.54) is 6.07 Å². The van der Waals surface area contributed by atoms with E-state index in [9.17, 15) is 18.0 Å². The quantitative estimate of drug-likeness (QED) is 0.719. The fourth-order valence-electron chi connectivity index (χ4n) is 3.42. The Balaban J connectivity index is 0.00000300. The highest BCUT2D eigenvalue weighted by atomic mass is 35.5. The van der Waals surface area contributed by atoms with Crippen LogP contribution in [-0.4, -0.2) is 29.9 Å². The first kappa shape index (κ1) is 23.0. The molecule has 4 nitrogen and oxygen atoms in total. The number of hydrogen-bond acceptors (Lipinski definition) is 3. The molecule has 29 heavy (non-hydrogen) atoms. The van der Waals surface area contributed by atoms with Gasteiger partial charge in [0.25, 0.3) is 5.91 Å². The van der Waals surface area contributed by atoms with Crippen LogP contribution in [0.15, 0.2) is 48.5 Å². The van der Waals surface area contributed by atoms with Gasteiger partial charge in [-0.2, -0.15) is 13.2 Å². The van der Waals surface area contributed by atoms with E-state index in [1.54, 1.807) is 35.2 Å². The van der Waals surface area contributed by atoms with Gasteiger partial charge in [-0.05, 0) is 42.2 Å². The molecule has 1 saturated heterocycles. The second kappa shape index (κ2) is 8.63. The third kappa shape index (κ3) is 5.22. The summed E-state index contributed by atoms with van der Waals surface area (Å²) in [5, 5.41) is 2.96. The highest BCUT2D eigenvalue weighted by Gasteiger charge is 2.36. The van der Waals surface area contributed by atoms with Gasteiger partial charge in [0, 0.05) is 24.8 Å². The molecule has 8 heteroatoms. The minimum absolute atomic E-state index is 0. The third-order valence-corrected chi connectivity index (χ3v) is 5.23. The number of nitrogens with one attached hydrogen (secondary N) is 1. The van der Waals surface area contributed by atoms with E-state index >= 15 is 0 Å². The number of likely N-dealkylation sites (tertiary alicyclic amines) is 1. The lowest BCUT2D eigenvalue weighted by atomic mass is 9.79. The number of nitrogens with zero attached hydrogens (tertiary/aromatic N) is 1. The largest absolute Gasteiger partial charge is 0.416 e. The number of hydrogen-bond donors (Lipinski definition) is 2. The van der Waals surface area contributed by atoms with Crippen molar-refractivity contribution in [2.24, 2.45) is 11.1 Å². The number of benzene rings is 2. The van der Waals surface area contributed by atoms with Crippen LogP contribution in [0.4, 0.5) is 24.5 Å². The Morgan fingerprint density at radius 1 is 1.17 bits per heavy atom. The van der Waals surface area contributed by atoms with Gasteiger partial charge in [0.05, 0.1) is 16.8 Å². The maximum atomic E-state index is 13.1. The van der Waals surface area contributed by atoms with E-state index in [-0.39, 0.29) is 35.5 Å². The van der Waals surface area contributed by atoms with Crippen molar-refractivity contribution in [1.29, 1.82) is 0 Å². The van der Waals surface area contributed by atoms with Gasteiger partial charge in [-0.3, -0.25) is 4.79 Å². The summed E-state index contributed by atoms with van der Waals surface area (Å²) < 4.78 is 38.9. The molecular weight excluding hydrogens is 403 g/mol. The van der Waals surface area contributed by atoms with Crippen LogP contribution >= 0.6 is 12.4 Å². The van der Waals surface area contributed by atoms with Gasteiger partial charge in [0.15, 0.2) is 0 Å². The number of nitrogens with two attached hydrogens (primary N) is 1. The van der Waals surface area contributed by atoms with E-state index < -0.39 is 11.7 Å². The normalized spacial score (nSPS) is 18.7. The molecule has 0 spiro atoms. The minimum Gasteiger partial charge on any atom is -0.355 e. The summed E-state index contributed by atoms with van der Waals surface area (Å²) in [6.45, 7) is 5.15. The lowest BCUT2D eigenvalue weighted by molar-refractivity contribution is -0.137. The monoisotopic (exact) mass is 427 g/mol. The predicted molar refractivity (Wildman–Crippen MR) is 111 cm³/mol. The molecule has 2 aromatic rings. The molecule has 1 amide bonds. The fraction of sp³-hybridized carbons (Fsp3) is 0.381. The van der Waals surface area contributed by atoms with E-state index in [1.807, 2.05) is 13.8 Å². The van der Waals surface area contributed by atoms with Gasteiger partial charge in [-0.25, -0.2) is 0 Å². The van der Waals surface area contributed by atoms with Crippen LogP contribution in [0.25, 0.3) is 0 Å². The summed E-state index contributed by atoms with van der Waals surface area (Å²) in [6, 6.07) is 11.8. The van der Waals surface area contributed by atoms with Gasteiger partial charge >= 0.3 is 6.18 Å². The van der Waals surface area contributed by atoms with Crippen LogP contribution in [0.3, 0.4) is 0 Å². The highest BCUT2D eigenvalue weighted by molar-refractivity contribution is 6.00. The van der Waals surface area contributed by atoms with E-state index in [0.717, 1.165) is 12.1 Å². The maximum Gasteiger partial charge on any atom is 0.416 e. The number of anilines is 2. The highest BCUT2D eigenvalue weighted by Crippen LogP contribution is 2.33. The van der Waals surface area contributed by atoms with E-state index in [0.29, 0.717) is 30.8 Å². The van der Waals surface area contributed by atoms with Crippen molar-refractivity contribution in [2.45, 2.75) is 32.5 Å². The Bertz CT molecular complexity index is 870. The number of rotatable bonds is 3. The first-order chi connectivity index (χ1) is 13.1. The zero-order valence-electron chi connectivity index (χ0n) is 16.3. The summed E-state index contributed by atoms with van der Waals surface area (Å²) >= 11 is 0. The van der Waals surface area contributed by atoms with Crippen molar-refractivity contribution >= 4 is 29.7 Å². The average Bonchev–Trinajstić information content (AvgIpc) is 2.63. The molecule has 0 aromatic heterocycles. The summed E-state index contributed by atoms with van der Waals surface area (Å²) in [6.07, 6.45) is -3.72. The number of carbonyl (C=O) groups is 1. The lowest BCUT2D eigenvalue weighted by Gasteiger charge is -2.42. The van der Waals surface area contributed by atoms with Crippen molar-refractivity contribution < 1.29 is 18.0 Å². The minimum atomic E-state index is -4.43. The lowest BCUT2D eigenvalue weighted by Crippen LogP contribution is -2.54. The summed E-state index contributed by atoms with van der Waals surface area (Å²) in [5.74, 6) is -0.157. The number of halogens is 4. The molecule has 3 rings (SSSR count). The van der Waals surface area contributed by atoms with Gasteiger partial charge in [-0.15, -0.1) is 12.4 Å². The number of para-hydroxylation sites is 1. The standard InChI is InChI=1S/C21H24F3N3O.ClH/c1-20(2)13-27(11-10-18(20)25)19(28)16-8-3-4-9-17(16)26-15-7-5-6-14(12-15)21(22,23)24;/h3-9,12,18,26H,10-11,13,25H2,1-2H3;1H. The number of alkyl halides is 3. The second-order valence-electron chi connectivity index (χ2n) is 7.86. The van der Waals surface area contributed by atoms with Crippen molar-refractivity contribution in [3.05, 3.63) is 59.7 Å². The molecule has 1 unspecified atom stereocenters. The molecule has 0 saturated carbocycles. The molecule has 3 N–H and O–H groups in total. The summed E-state index contributed by atoms with van der Waals surface area (Å²) in [4.78, 5) is 14.9. The van der Waals surface area contributed by atoms with E-state index in [2.05, 4.69) is 5.32 Å². The Hall–Kier alpha value is -2.25.